The molecule has 0 spiro atoms. The van der Waals surface area contributed by atoms with E-state index >= 15 is 0 Å². The van der Waals surface area contributed by atoms with Gasteiger partial charge < -0.3 is 30.6 Å². The zero-order valence-corrected chi connectivity index (χ0v) is 19.3. The minimum absolute atomic E-state index is 0.196. The second-order valence-electron chi connectivity index (χ2n) is 7.39. The van der Waals surface area contributed by atoms with Gasteiger partial charge in [0.25, 0.3) is 5.91 Å². The summed E-state index contributed by atoms with van der Waals surface area (Å²) in [4.78, 5) is 24.5. The first kappa shape index (κ1) is 24.2. The maximum atomic E-state index is 12.2. The third kappa shape index (κ3) is 6.77. The maximum Gasteiger partial charge on any atom is 0.262 e. The van der Waals surface area contributed by atoms with Crippen LogP contribution >= 0.6 is 0 Å². The number of benzene rings is 3. The van der Waals surface area contributed by atoms with Crippen LogP contribution in [0.15, 0.2) is 66.7 Å². The van der Waals surface area contributed by atoms with Gasteiger partial charge >= 0.3 is 0 Å². The number of carbonyl (C=O) groups is 2. The number of hydrogen-bond acceptors (Lipinski definition) is 6. The van der Waals surface area contributed by atoms with Gasteiger partial charge in [0.05, 0.1) is 25.6 Å². The number of amides is 2. The van der Waals surface area contributed by atoms with E-state index in [1.165, 1.54) is 13.2 Å². The van der Waals surface area contributed by atoms with Gasteiger partial charge in [-0.15, -0.1) is 0 Å². The number of rotatable bonds is 9. The number of aryl methyl sites for hydroxylation is 1. The highest BCUT2D eigenvalue weighted by Crippen LogP contribution is 2.29. The first-order valence-electron chi connectivity index (χ1n) is 10.5. The molecule has 0 atom stereocenters. The second kappa shape index (κ2) is 11.4. The molecule has 176 valence electrons. The highest BCUT2D eigenvalue weighted by atomic mass is 16.5. The average Bonchev–Trinajstić information content (AvgIpc) is 2.84. The fourth-order valence-corrected chi connectivity index (χ4v) is 3.06. The van der Waals surface area contributed by atoms with E-state index in [9.17, 15) is 9.59 Å². The largest absolute Gasteiger partial charge is 0.497 e. The summed E-state index contributed by atoms with van der Waals surface area (Å²) < 4.78 is 16.1. The molecule has 0 saturated heterocycles. The lowest BCUT2D eigenvalue weighted by molar-refractivity contribution is -0.118. The molecule has 0 aliphatic carbocycles. The Morgan fingerprint density at radius 3 is 2.35 bits per heavy atom. The Balaban J connectivity index is 1.57. The van der Waals surface area contributed by atoms with Crippen LogP contribution in [0.3, 0.4) is 0 Å². The molecule has 0 aromatic heterocycles. The fraction of sp³-hybridized carbons (Fsp3) is 0.154. The Morgan fingerprint density at radius 1 is 0.912 bits per heavy atom. The van der Waals surface area contributed by atoms with Crippen molar-refractivity contribution < 1.29 is 23.8 Å². The Hall–Kier alpha value is -4.46. The highest BCUT2D eigenvalue weighted by molar-refractivity contribution is 6.03. The van der Waals surface area contributed by atoms with Crippen molar-refractivity contribution in [2.45, 2.75) is 6.92 Å². The predicted molar refractivity (Wildman–Crippen MR) is 133 cm³/mol. The summed E-state index contributed by atoms with van der Waals surface area (Å²) in [7, 11) is 3.08. The zero-order chi connectivity index (χ0) is 24.5. The van der Waals surface area contributed by atoms with E-state index in [0.29, 0.717) is 34.3 Å². The molecule has 4 N–H and O–H groups in total. The van der Waals surface area contributed by atoms with Gasteiger partial charge in [-0.3, -0.25) is 9.59 Å². The van der Waals surface area contributed by atoms with Crippen molar-refractivity contribution in [2.75, 3.05) is 37.2 Å². The molecule has 8 heteroatoms. The number of ether oxygens (including phenoxy) is 3. The van der Waals surface area contributed by atoms with Gasteiger partial charge in [0.2, 0.25) is 5.91 Å². The number of hydrogen-bond donors (Lipinski definition) is 3. The zero-order valence-electron chi connectivity index (χ0n) is 19.3. The average molecular weight is 462 g/mol. The number of nitrogen functional groups attached to an aromatic ring is 1. The third-order valence-corrected chi connectivity index (χ3v) is 4.81. The molecule has 3 rings (SSSR count). The monoisotopic (exact) mass is 461 g/mol. The molecule has 0 radical (unpaired) electrons. The predicted octanol–water partition coefficient (Wildman–Crippen LogP) is 4.26. The molecule has 0 aliphatic rings. The highest BCUT2D eigenvalue weighted by Gasteiger charge is 2.09. The van der Waals surface area contributed by atoms with Gasteiger partial charge in [-0.2, -0.15) is 0 Å². The van der Waals surface area contributed by atoms with E-state index in [-0.39, 0.29) is 18.4 Å². The number of nitrogens with two attached hydrogens (primary N) is 1. The molecular weight excluding hydrogens is 434 g/mol. The number of methoxy groups -OCH3 is 2. The van der Waals surface area contributed by atoms with Gasteiger partial charge in [-0.05, 0) is 72.7 Å². The van der Waals surface area contributed by atoms with Gasteiger partial charge in [-0.1, -0.05) is 12.1 Å². The second-order valence-corrected chi connectivity index (χ2v) is 7.39. The minimum atomic E-state index is -0.316. The molecule has 0 fully saturated rings. The third-order valence-electron chi connectivity index (χ3n) is 4.81. The standard InChI is InChI=1S/C26H27N3O5/c1-17-4-11-22(21(27)14-17)29-25(30)13-6-18-5-12-23(24(15-18)33-3)34-16-26(31)28-19-7-9-20(32-2)10-8-19/h4-15H,16,27H2,1-3H3,(H,28,31)(H,29,30)/b13-6+. The van der Waals surface area contributed by atoms with E-state index in [2.05, 4.69) is 10.6 Å². The Labute approximate surface area is 198 Å². The molecule has 0 bridgehead atoms. The number of nitrogens with one attached hydrogen (secondary N) is 2. The lowest BCUT2D eigenvalue weighted by atomic mass is 10.1. The van der Waals surface area contributed by atoms with Crippen molar-refractivity contribution in [3.05, 3.63) is 77.9 Å². The van der Waals surface area contributed by atoms with Crippen LogP contribution in [0, 0.1) is 6.92 Å². The van der Waals surface area contributed by atoms with Crippen molar-refractivity contribution in [1.29, 1.82) is 0 Å². The van der Waals surface area contributed by atoms with Crippen molar-refractivity contribution in [2.24, 2.45) is 0 Å². The van der Waals surface area contributed by atoms with Crippen LogP contribution in [0.1, 0.15) is 11.1 Å². The number of carbonyl (C=O) groups excluding carboxylic acids is 2. The first-order valence-corrected chi connectivity index (χ1v) is 10.5. The SMILES string of the molecule is COc1ccc(NC(=O)COc2ccc(/C=C/C(=O)Nc3ccc(C)cc3N)cc2OC)cc1. The lowest BCUT2D eigenvalue weighted by Gasteiger charge is -2.12. The summed E-state index contributed by atoms with van der Waals surface area (Å²) in [6, 6.07) is 17.5. The first-order chi connectivity index (χ1) is 16.4. The molecule has 34 heavy (non-hydrogen) atoms. The van der Waals surface area contributed by atoms with Gasteiger partial charge in [0.15, 0.2) is 18.1 Å². The van der Waals surface area contributed by atoms with Crippen LogP contribution in [0.2, 0.25) is 0 Å². The topological polar surface area (TPSA) is 112 Å². The van der Waals surface area contributed by atoms with Crippen LogP contribution in [0.4, 0.5) is 17.1 Å². The lowest BCUT2D eigenvalue weighted by Crippen LogP contribution is -2.20. The van der Waals surface area contributed by atoms with Gasteiger partial charge in [0, 0.05) is 11.8 Å². The quantitative estimate of drug-likeness (QED) is 0.324. The summed E-state index contributed by atoms with van der Waals surface area (Å²) in [5.74, 6) is 0.905. The Morgan fingerprint density at radius 2 is 1.68 bits per heavy atom. The Bertz CT molecular complexity index is 1190. The van der Waals surface area contributed by atoms with Gasteiger partial charge in [-0.25, -0.2) is 0 Å². The van der Waals surface area contributed by atoms with Crippen LogP contribution < -0.4 is 30.6 Å². The van der Waals surface area contributed by atoms with E-state index in [1.54, 1.807) is 67.8 Å². The maximum absolute atomic E-state index is 12.2. The summed E-state index contributed by atoms with van der Waals surface area (Å²) in [6.07, 6.45) is 3.04. The van der Waals surface area contributed by atoms with Crippen molar-refractivity contribution in [1.82, 2.24) is 0 Å². The molecule has 0 unspecified atom stereocenters. The van der Waals surface area contributed by atoms with E-state index < -0.39 is 0 Å². The van der Waals surface area contributed by atoms with Gasteiger partial charge in [0.1, 0.15) is 5.75 Å². The van der Waals surface area contributed by atoms with E-state index in [4.69, 9.17) is 19.9 Å². The summed E-state index contributed by atoms with van der Waals surface area (Å²) >= 11 is 0. The van der Waals surface area contributed by atoms with Crippen LogP contribution in [-0.2, 0) is 9.59 Å². The normalized spacial score (nSPS) is 10.6. The molecule has 3 aromatic rings. The molecule has 0 heterocycles. The van der Waals surface area contributed by atoms with E-state index in [1.807, 2.05) is 13.0 Å². The molecule has 0 saturated carbocycles. The number of anilines is 3. The van der Waals surface area contributed by atoms with Crippen molar-refractivity contribution in [3.8, 4) is 17.2 Å². The van der Waals surface area contributed by atoms with E-state index in [0.717, 1.165) is 11.1 Å². The molecular formula is C26H27N3O5. The molecule has 8 nitrogen and oxygen atoms in total. The molecule has 3 aromatic carbocycles. The minimum Gasteiger partial charge on any atom is -0.497 e. The Kier molecular flexibility index (Phi) is 8.12. The van der Waals surface area contributed by atoms with Crippen LogP contribution in [-0.4, -0.2) is 32.6 Å². The fourth-order valence-electron chi connectivity index (χ4n) is 3.06. The summed E-state index contributed by atoms with van der Waals surface area (Å²) in [6.45, 7) is 1.73. The van der Waals surface area contributed by atoms with Crippen LogP contribution in [0.25, 0.3) is 6.08 Å². The summed E-state index contributed by atoms with van der Waals surface area (Å²) in [5, 5.41) is 5.50. The smallest absolute Gasteiger partial charge is 0.262 e. The van der Waals surface area contributed by atoms with Crippen LogP contribution in [0.5, 0.6) is 17.2 Å². The van der Waals surface area contributed by atoms with Crippen molar-refractivity contribution in [3.63, 3.8) is 0 Å². The summed E-state index contributed by atoms with van der Waals surface area (Å²) in [5.41, 5.74) is 9.35. The van der Waals surface area contributed by atoms with Crippen molar-refractivity contribution >= 4 is 35.0 Å². The molecule has 2 amide bonds. The molecule has 0 aliphatic heterocycles.